The fraction of sp³-hybridized carbons (Fsp3) is 0.182. The van der Waals surface area contributed by atoms with Crippen LogP contribution in [0.1, 0.15) is 16.8 Å². The van der Waals surface area contributed by atoms with Crippen LogP contribution >= 0.6 is 0 Å². The molecule has 0 aliphatic rings. The van der Waals surface area contributed by atoms with Crippen molar-refractivity contribution in [3.8, 4) is 11.4 Å². The summed E-state index contributed by atoms with van der Waals surface area (Å²) >= 11 is 0. The average Bonchev–Trinajstić information content (AvgIpc) is 3.04. The minimum absolute atomic E-state index is 0.114. The van der Waals surface area contributed by atoms with Crippen LogP contribution in [-0.2, 0) is 13.1 Å². The number of rotatable bonds is 6. The topological polar surface area (TPSA) is 71.9 Å². The summed E-state index contributed by atoms with van der Waals surface area (Å²) in [6.07, 6.45) is 0. The Hall–Kier alpha value is -3.38. The molecule has 4 aromatic rings. The maximum Gasteiger partial charge on any atom is 0.254 e. The number of hydrogen-bond acceptors (Lipinski definition) is 4. The third-order valence-electron chi connectivity index (χ3n) is 4.77. The first-order valence-corrected chi connectivity index (χ1v) is 9.17. The first kappa shape index (κ1) is 18.0. The van der Waals surface area contributed by atoms with Gasteiger partial charge in [0.15, 0.2) is 0 Å². The van der Waals surface area contributed by atoms with Crippen molar-refractivity contribution in [1.29, 1.82) is 0 Å². The molecule has 6 nitrogen and oxygen atoms in total. The number of aromatic amines is 1. The van der Waals surface area contributed by atoms with Crippen molar-refractivity contribution in [2.24, 2.45) is 0 Å². The van der Waals surface area contributed by atoms with E-state index in [1.807, 2.05) is 67.6 Å². The van der Waals surface area contributed by atoms with Crippen LogP contribution in [0.5, 0.6) is 5.75 Å². The molecule has 0 aliphatic carbocycles. The van der Waals surface area contributed by atoms with Gasteiger partial charge in [-0.15, -0.1) is 0 Å². The van der Waals surface area contributed by atoms with E-state index >= 15 is 0 Å². The molecule has 0 aliphatic heterocycles. The van der Waals surface area contributed by atoms with Gasteiger partial charge in [0.25, 0.3) is 5.56 Å². The van der Waals surface area contributed by atoms with E-state index in [9.17, 15) is 4.79 Å². The van der Waals surface area contributed by atoms with Crippen molar-refractivity contribution in [2.75, 3.05) is 7.11 Å². The molecule has 0 saturated heterocycles. The van der Waals surface area contributed by atoms with Crippen molar-refractivity contribution in [1.82, 2.24) is 20.1 Å². The minimum atomic E-state index is -0.114. The Labute approximate surface area is 162 Å². The molecule has 6 heteroatoms. The number of ether oxygens (including phenoxy) is 1. The van der Waals surface area contributed by atoms with E-state index in [1.165, 1.54) is 0 Å². The van der Waals surface area contributed by atoms with Crippen molar-refractivity contribution in [3.05, 3.63) is 87.8 Å². The first-order chi connectivity index (χ1) is 13.7. The second-order valence-corrected chi connectivity index (χ2v) is 6.63. The second-order valence-electron chi connectivity index (χ2n) is 6.63. The molecular formula is C22H22N4O2. The van der Waals surface area contributed by atoms with Gasteiger partial charge in [0.05, 0.1) is 18.5 Å². The number of para-hydroxylation sites is 2. The summed E-state index contributed by atoms with van der Waals surface area (Å²) in [5.41, 5.74) is 4.12. The van der Waals surface area contributed by atoms with Gasteiger partial charge in [-0.1, -0.05) is 36.4 Å². The van der Waals surface area contributed by atoms with Crippen LogP contribution < -0.4 is 15.6 Å². The lowest BCUT2D eigenvalue weighted by molar-refractivity contribution is 0.407. The Morgan fingerprint density at radius 3 is 2.54 bits per heavy atom. The molecule has 0 spiro atoms. The Kier molecular flexibility index (Phi) is 4.95. The van der Waals surface area contributed by atoms with E-state index < -0.39 is 0 Å². The molecule has 2 heterocycles. The lowest BCUT2D eigenvalue weighted by atomic mass is 10.1. The summed E-state index contributed by atoms with van der Waals surface area (Å²) in [6, 6.07) is 19.6. The Balaban J connectivity index is 1.60. The molecule has 0 saturated carbocycles. The van der Waals surface area contributed by atoms with E-state index in [0.29, 0.717) is 24.3 Å². The number of fused-ring (bicyclic) bond motifs is 1. The predicted molar refractivity (Wildman–Crippen MR) is 110 cm³/mol. The van der Waals surface area contributed by atoms with Crippen LogP contribution in [-0.4, -0.2) is 21.9 Å². The lowest BCUT2D eigenvalue weighted by Crippen LogP contribution is -2.21. The molecule has 0 fully saturated rings. The Morgan fingerprint density at radius 1 is 1.04 bits per heavy atom. The van der Waals surface area contributed by atoms with Crippen molar-refractivity contribution in [2.45, 2.75) is 20.0 Å². The van der Waals surface area contributed by atoms with E-state index in [4.69, 9.17) is 4.74 Å². The quantitative estimate of drug-likeness (QED) is 0.543. The van der Waals surface area contributed by atoms with Gasteiger partial charge in [0.2, 0.25) is 0 Å². The number of pyridine rings is 1. The molecule has 28 heavy (non-hydrogen) atoms. The summed E-state index contributed by atoms with van der Waals surface area (Å²) in [5.74, 6) is 0.833. The first-order valence-electron chi connectivity index (χ1n) is 9.17. The fourth-order valence-electron chi connectivity index (χ4n) is 3.33. The molecule has 2 aromatic carbocycles. The Bertz CT molecular complexity index is 1160. The minimum Gasteiger partial charge on any atom is -0.496 e. The van der Waals surface area contributed by atoms with Crippen molar-refractivity contribution < 1.29 is 4.74 Å². The average molecular weight is 374 g/mol. The molecular weight excluding hydrogens is 352 g/mol. The third kappa shape index (κ3) is 3.42. The number of nitrogens with one attached hydrogen (secondary N) is 2. The zero-order valence-electron chi connectivity index (χ0n) is 15.9. The van der Waals surface area contributed by atoms with Gasteiger partial charge >= 0.3 is 0 Å². The third-order valence-corrected chi connectivity index (χ3v) is 4.77. The van der Waals surface area contributed by atoms with E-state index in [-0.39, 0.29) is 5.56 Å². The van der Waals surface area contributed by atoms with Gasteiger partial charge in [0, 0.05) is 29.6 Å². The highest BCUT2D eigenvalue weighted by Crippen LogP contribution is 2.20. The van der Waals surface area contributed by atoms with Crippen LogP contribution in [0.2, 0.25) is 0 Å². The molecule has 0 amide bonds. The molecule has 0 unspecified atom stereocenters. The summed E-state index contributed by atoms with van der Waals surface area (Å²) in [6.45, 7) is 3.02. The van der Waals surface area contributed by atoms with Crippen LogP contribution in [0.3, 0.4) is 0 Å². The molecule has 2 N–H and O–H groups in total. The molecule has 0 bridgehead atoms. The molecule has 4 rings (SSSR count). The number of H-pyrrole nitrogens is 1. The number of methoxy groups -OCH3 is 1. The van der Waals surface area contributed by atoms with Crippen LogP contribution in [0.15, 0.2) is 65.5 Å². The zero-order chi connectivity index (χ0) is 19.5. The summed E-state index contributed by atoms with van der Waals surface area (Å²) < 4.78 is 7.15. The number of aryl methyl sites for hydroxylation is 1. The highest BCUT2D eigenvalue weighted by Gasteiger charge is 2.13. The molecule has 0 atom stereocenters. The predicted octanol–water partition coefficient (Wildman–Crippen LogP) is 3.32. The second kappa shape index (κ2) is 7.70. The van der Waals surface area contributed by atoms with E-state index in [2.05, 4.69) is 15.4 Å². The number of benzene rings is 2. The largest absolute Gasteiger partial charge is 0.496 e. The molecule has 2 aromatic heterocycles. The summed E-state index contributed by atoms with van der Waals surface area (Å²) in [4.78, 5) is 15.6. The van der Waals surface area contributed by atoms with Crippen molar-refractivity contribution >= 4 is 11.0 Å². The maximum absolute atomic E-state index is 12.6. The molecule has 142 valence electrons. The maximum atomic E-state index is 12.6. The standard InChI is InChI=1S/C22H22N4O2/c1-15-19-12-17(14-23-13-16-8-6-7-11-20(16)28-2)22(27)24-21(19)26(25-15)18-9-4-3-5-10-18/h3-12,23H,13-14H2,1-2H3,(H,24,27). The monoisotopic (exact) mass is 374 g/mol. The summed E-state index contributed by atoms with van der Waals surface area (Å²) in [7, 11) is 1.66. The Morgan fingerprint density at radius 2 is 1.75 bits per heavy atom. The van der Waals surface area contributed by atoms with Gasteiger partial charge in [0.1, 0.15) is 11.4 Å². The van der Waals surface area contributed by atoms with Gasteiger partial charge in [-0.3, -0.25) is 4.79 Å². The van der Waals surface area contributed by atoms with E-state index in [0.717, 1.165) is 28.1 Å². The van der Waals surface area contributed by atoms with Crippen molar-refractivity contribution in [3.63, 3.8) is 0 Å². The number of aromatic nitrogens is 3. The zero-order valence-corrected chi connectivity index (χ0v) is 15.9. The van der Waals surface area contributed by atoms with E-state index in [1.54, 1.807) is 11.8 Å². The SMILES string of the molecule is COc1ccccc1CNCc1cc2c(C)nn(-c3ccccc3)c2[nH]c1=O. The fourth-order valence-corrected chi connectivity index (χ4v) is 3.33. The molecule has 0 radical (unpaired) electrons. The van der Waals surface area contributed by atoms with Crippen LogP contribution in [0.25, 0.3) is 16.7 Å². The van der Waals surface area contributed by atoms with Gasteiger partial charge < -0.3 is 15.0 Å². The van der Waals surface area contributed by atoms with Crippen LogP contribution in [0, 0.1) is 6.92 Å². The van der Waals surface area contributed by atoms with Gasteiger partial charge in [-0.05, 0) is 31.2 Å². The van der Waals surface area contributed by atoms with Crippen LogP contribution in [0.4, 0.5) is 0 Å². The highest BCUT2D eigenvalue weighted by molar-refractivity contribution is 5.80. The normalized spacial score (nSPS) is 11.1. The smallest absolute Gasteiger partial charge is 0.254 e. The number of nitrogens with zero attached hydrogens (tertiary/aromatic N) is 2. The number of hydrogen-bond donors (Lipinski definition) is 2. The van der Waals surface area contributed by atoms with Gasteiger partial charge in [-0.2, -0.15) is 5.10 Å². The van der Waals surface area contributed by atoms with Gasteiger partial charge in [-0.25, -0.2) is 4.68 Å². The lowest BCUT2D eigenvalue weighted by Gasteiger charge is -2.09. The highest BCUT2D eigenvalue weighted by atomic mass is 16.5. The summed E-state index contributed by atoms with van der Waals surface area (Å²) in [5, 5.41) is 8.87.